The molecule has 1 aliphatic carbocycles. The number of ether oxygens (including phenoxy) is 3. The summed E-state index contributed by atoms with van der Waals surface area (Å²) in [6.07, 6.45) is 0.0289. The van der Waals surface area contributed by atoms with E-state index in [4.69, 9.17) is 18.6 Å². The summed E-state index contributed by atoms with van der Waals surface area (Å²) in [6.45, 7) is 24.1. The standard InChI is InChI=1S/C45H62O6Si2/c1-31-27-32(2)41(43(47)48-25-26-52(9,10)11)38(28-31)37-29-34(37)30-40-42(50-45(7,8)49-40)39(46)24-18-19-33(3)51-53(44(4,5)6,35-20-14-12-15-21-35)36-22-16-13-17-23-36/h12-17,20-23,27-28,33-34,37,39-40,42,46H,19,25-26,29-30H2,1-11H3/t33-,34?,37?,39?,40+,42+/m0/s1. The van der Waals surface area contributed by atoms with Crippen LogP contribution in [0.5, 0.6) is 0 Å². The number of aliphatic hydroxyl groups is 1. The summed E-state index contributed by atoms with van der Waals surface area (Å²) < 4.78 is 25.7. The van der Waals surface area contributed by atoms with Crippen molar-refractivity contribution in [2.75, 3.05) is 6.61 Å². The number of aliphatic hydroxyl groups excluding tert-OH is 1. The predicted octanol–water partition coefficient (Wildman–Crippen LogP) is 8.53. The molecule has 0 spiro atoms. The van der Waals surface area contributed by atoms with E-state index in [1.54, 1.807) is 0 Å². The maximum absolute atomic E-state index is 13.4. The van der Waals surface area contributed by atoms with Crippen LogP contribution in [0.2, 0.25) is 30.7 Å². The molecule has 1 saturated heterocycles. The van der Waals surface area contributed by atoms with Crippen LogP contribution in [0, 0.1) is 31.6 Å². The van der Waals surface area contributed by atoms with Gasteiger partial charge in [-0.05, 0) is 91.9 Å². The smallest absolute Gasteiger partial charge is 0.338 e. The van der Waals surface area contributed by atoms with Gasteiger partial charge in [0.15, 0.2) is 5.79 Å². The minimum atomic E-state index is -2.73. The highest BCUT2D eigenvalue weighted by Crippen LogP contribution is 2.53. The Hall–Kier alpha value is -3.04. The molecule has 0 bridgehead atoms. The van der Waals surface area contributed by atoms with Crippen LogP contribution >= 0.6 is 0 Å². The fourth-order valence-electron chi connectivity index (χ4n) is 8.02. The lowest BCUT2D eigenvalue weighted by atomic mass is 9.93. The van der Waals surface area contributed by atoms with Gasteiger partial charge in [0.25, 0.3) is 8.32 Å². The van der Waals surface area contributed by atoms with Crippen molar-refractivity contribution in [2.24, 2.45) is 5.92 Å². The molecule has 8 heteroatoms. The second-order valence-corrected chi connectivity index (χ2v) is 27.9. The van der Waals surface area contributed by atoms with Crippen LogP contribution in [-0.4, -0.2) is 64.3 Å². The maximum Gasteiger partial charge on any atom is 0.338 e. The third-order valence-corrected chi connectivity index (χ3v) is 17.5. The van der Waals surface area contributed by atoms with E-state index in [1.807, 2.05) is 32.9 Å². The first-order valence-electron chi connectivity index (χ1n) is 19.4. The van der Waals surface area contributed by atoms with Crippen molar-refractivity contribution in [3.63, 3.8) is 0 Å². The van der Waals surface area contributed by atoms with Gasteiger partial charge in [-0.2, -0.15) is 0 Å². The van der Waals surface area contributed by atoms with Gasteiger partial charge in [0.2, 0.25) is 0 Å². The lowest BCUT2D eigenvalue weighted by molar-refractivity contribution is -0.152. The molecule has 0 aromatic heterocycles. The summed E-state index contributed by atoms with van der Waals surface area (Å²) in [6, 6.07) is 26.4. The van der Waals surface area contributed by atoms with Crippen molar-refractivity contribution in [1.82, 2.24) is 0 Å². The Kier molecular flexibility index (Phi) is 12.7. The molecule has 3 unspecified atom stereocenters. The molecule has 1 aliphatic heterocycles. The van der Waals surface area contributed by atoms with Crippen LogP contribution in [0.1, 0.15) is 93.8 Å². The highest BCUT2D eigenvalue weighted by molar-refractivity contribution is 6.99. The summed E-state index contributed by atoms with van der Waals surface area (Å²) >= 11 is 0. The van der Waals surface area contributed by atoms with E-state index in [1.165, 1.54) is 10.4 Å². The Morgan fingerprint density at radius 3 is 2.15 bits per heavy atom. The van der Waals surface area contributed by atoms with Crippen LogP contribution in [0.15, 0.2) is 72.8 Å². The normalized spacial score (nSPS) is 22.4. The topological polar surface area (TPSA) is 74.2 Å². The zero-order chi connectivity index (χ0) is 38.8. The van der Waals surface area contributed by atoms with Crippen LogP contribution in [-0.2, 0) is 18.6 Å². The third-order valence-electron chi connectivity index (χ3n) is 10.6. The first-order valence-corrected chi connectivity index (χ1v) is 25.0. The molecule has 6 atom stereocenters. The van der Waals surface area contributed by atoms with Crippen molar-refractivity contribution in [2.45, 2.75) is 141 Å². The minimum Gasteiger partial charge on any atom is -0.462 e. The van der Waals surface area contributed by atoms with Crippen LogP contribution in [0.3, 0.4) is 0 Å². The van der Waals surface area contributed by atoms with Crippen molar-refractivity contribution in [1.29, 1.82) is 0 Å². The summed E-state index contributed by atoms with van der Waals surface area (Å²) in [4.78, 5) is 13.4. The van der Waals surface area contributed by atoms with E-state index in [9.17, 15) is 9.90 Å². The summed E-state index contributed by atoms with van der Waals surface area (Å²) in [7, 11) is -4.05. The molecule has 2 fully saturated rings. The Balaban J connectivity index is 1.28. The second-order valence-electron chi connectivity index (χ2n) is 18.0. The van der Waals surface area contributed by atoms with E-state index in [0.29, 0.717) is 30.9 Å². The zero-order valence-corrected chi connectivity index (χ0v) is 35.9. The van der Waals surface area contributed by atoms with Crippen LogP contribution in [0.25, 0.3) is 0 Å². The van der Waals surface area contributed by atoms with E-state index >= 15 is 0 Å². The van der Waals surface area contributed by atoms with Gasteiger partial charge in [-0.1, -0.05) is 131 Å². The predicted molar refractivity (Wildman–Crippen MR) is 220 cm³/mol. The number of carbonyl (C=O) groups is 1. The molecular weight excluding hydrogens is 693 g/mol. The number of benzene rings is 3. The second kappa shape index (κ2) is 16.4. The van der Waals surface area contributed by atoms with E-state index in [2.05, 4.69) is 127 Å². The Morgan fingerprint density at radius 1 is 0.981 bits per heavy atom. The molecule has 0 radical (unpaired) electrons. The van der Waals surface area contributed by atoms with E-state index in [0.717, 1.165) is 29.2 Å². The van der Waals surface area contributed by atoms with Gasteiger partial charge in [0.1, 0.15) is 12.2 Å². The van der Waals surface area contributed by atoms with Crippen molar-refractivity contribution in [3.05, 3.63) is 95.1 Å². The molecule has 3 aromatic carbocycles. The van der Waals surface area contributed by atoms with Crippen molar-refractivity contribution in [3.8, 4) is 11.8 Å². The first-order chi connectivity index (χ1) is 24.8. The number of aryl methyl sites for hydroxylation is 2. The maximum atomic E-state index is 13.4. The molecule has 2 aliphatic rings. The molecule has 6 nitrogen and oxygen atoms in total. The lowest BCUT2D eigenvalue weighted by Crippen LogP contribution is -2.67. The van der Waals surface area contributed by atoms with Crippen molar-refractivity contribution < 1.29 is 28.5 Å². The van der Waals surface area contributed by atoms with Gasteiger partial charge in [-0.15, -0.1) is 0 Å². The molecule has 1 N–H and O–H groups in total. The largest absolute Gasteiger partial charge is 0.462 e. The van der Waals surface area contributed by atoms with E-state index in [-0.39, 0.29) is 29.1 Å². The first kappa shape index (κ1) is 41.1. The van der Waals surface area contributed by atoms with Gasteiger partial charge in [0, 0.05) is 14.5 Å². The molecule has 0 amide bonds. The third kappa shape index (κ3) is 9.99. The van der Waals surface area contributed by atoms with Crippen LogP contribution < -0.4 is 10.4 Å². The fourth-order valence-corrected chi connectivity index (χ4v) is 13.4. The Bertz CT molecular complexity index is 1730. The highest BCUT2D eigenvalue weighted by atomic mass is 28.4. The number of rotatable bonds is 13. The minimum absolute atomic E-state index is 0.142. The van der Waals surface area contributed by atoms with Gasteiger partial charge < -0.3 is 23.7 Å². The fraction of sp³-hybridized carbons (Fsp3) is 0.533. The van der Waals surface area contributed by atoms with Crippen molar-refractivity contribution >= 4 is 32.7 Å². The number of hydrogen-bond donors (Lipinski definition) is 1. The molecule has 5 rings (SSSR count). The molecule has 1 heterocycles. The summed E-state index contributed by atoms with van der Waals surface area (Å²) in [5, 5.41) is 13.8. The number of esters is 1. The molecule has 53 heavy (non-hydrogen) atoms. The summed E-state index contributed by atoms with van der Waals surface area (Å²) in [5.74, 6) is 5.84. The Morgan fingerprint density at radius 2 is 1.58 bits per heavy atom. The van der Waals surface area contributed by atoms with Gasteiger partial charge in [-0.25, -0.2) is 4.79 Å². The average molecular weight is 755 g/mol. The molecular formula is C45H62O6Si2. The average Bonchev–Trinajstić information content (AvgIpc) is 3.76. The zero-order valence-electron chi connectivity index (χ0n) is 33.9. The van der Waals surface area contributed by atoms with Gasteiger partial charge >= 0.3 is 5.97 Å². The highest BCUT2D eigenvalue weighted by Gasteiger charge is 2.52. The number of carbonyl (C=O) groups excluding carboxylic acids is 1. The number of hydrogen-bond acceptors (Lipinski definition) is 6. The molecule has 286 valence electrons. The monoisotopic (exact) mass is 754 g/mol. The van der Waals surface area contributed by atoms with Crippen LogP contribution in [0.4, 0.5) is 0 Å². The van der Waals surface area contributed by atoms with Gasteiger partial charge in [-0.3, -0.25) is 0 Å². The summed E-state index contributed by atoms with van der Waals surface area (Å²) in [5.41, 5.74) is 3.87. The quantitative estimate of drug-likeness (QED) is 0.107. The Labute approximate surface area is 321 Å². The van der Waals surface area contributed by atoms with Gasteiger partial charge in [0.05, 0.1) is 24.4 Å². The molecule has 3 aromatic rings. The SMILES string of the molecule is Cc1cc(C)c(C(=O)OCC[Si](C)(C)C)c(C2CC2C[C@H]2OC(C)(C)O[C@@H]2C(O)C#CC[C@H](C)O[Si](c2ccccc2)(c2ccccc2)C(C)(C)C)c1. The molecule has 1 saturated carbocycles. The van der Waals surface area contributed by atoms with E-state index < -0.39 is 34.4 Å². The lowest BCUT2D eigenvalue weighted by Gasteiger charge is -2.44.